The summed E-state index contributed by atoms with van der Waals surface area (Å²) in [5.41, 5.74) is 0.623. The van der Waals surface area contributed by atoms with Crippen LogP contribution in [0.5, 0.6) is 0 Å². The number of anilines is 3. The summed E-state index contributed by atoms with van der Waals surface area (Å²) in [5, 5.41) is 14.3. The second-order valence-corrected chi connectivity index (χ2v) is 8.50. The zero-order valence-electron chi connectivity index (χ0n) is 21.1. The van der Waals surface area contributed by atoms with E-state index in [-0.39, 0.29) is 5.84 Å². The van der Waals surface area contributed by atoms with Gasteiger partial charge in [-0.05, 0) is 62.4 Å². The molecule has 0 saturated carbocycles. The van der Waals surface area contributed by atoms with Crippen molar-refractivity contribution < 1.29 is 14.4 Å². The van der Waals surface area contributed by atoms with Crippen molar-refractivity contribution >= 4 is 40.6 Å². The molecule has 4 rings (SSSR count). The number of carbonyl (C=O) groups excluding carboxylic acids is 3. The number of para-hydroxylation sites is 1. The monoisotopic (exact) mass is 498 g/mol. The highest BCUT2D eigenvalue weighted by Gasteiger charge is 2.54. The number of benzene rings is 3. The van der Waals surface area contributed by atoms with E-state index in [0.29, 0.717) is 16.9 Å². The Morgan fingerprint density at radius 3 is 2.05 bits per heavy atom. The predicted molar refractivity (Wildman–Crippen MR) is 145 cm³/mol. The van der Waals surface area contributed by atoms with Gasteiger partial charge in [0.05, 0.1) is 5.69 Å². The van der Waals surface area contributed by atoms with Crippen molar-refractivity contribution in [3.8, 4) is 0 Å². The van der Waals surface area contributed by atoms with Gasteiger partial charge in [-0.3, -0.25) is 14.4 Å². The molecule has 0 spiro atoms. The van der Waals surface area contributed by atoms with Gasteiger partial charge in [-0.2, -0.15) is 5.01 Å². The van der Waals surface area contributed by atoms with Crippen LogP contribution in [0.2, 0.25) is 0 Å². The van der Waals surface area contributed by atoms with Gasteiger partial charge in [0.15, 0.2) is 5.84 Å². The van der Waals surface area contributed by atoms with Crippen molar-refractivity contribution in [2.24, 2.45) is 5.10 Å². The summed E-state index contributed by atoms with van der Waals surface area (Å²) >= 11 is 0. The van der Waals surface area contributed by atoms with Gasteiger partial charge in [0, 0.05) is 37.0 Å². The molecule has 3 aromatic rings. The maximum Gasteiger partial charge on any atom is 0.302 e. The van der Waals surface area contributed by atoms with Crippen molar-refractivity contribution in [1.29, 1.82) is 0 Å². The number of hydrogen-bond donors (Lipinski definition) is 3. The van der Waals surface area contributed by atoms with Crippen LogP contribution < -0.4 is 25.9 Å². The van der Waals surface area contributed by atoms with Crippen molar-refractivity contribution in [3.63, 3.8) is 0 Å². The topological polar surface area (TPSA) is 106 Å². The lowest BCUT2D eigenvalue weighted by Gasteiger charge is -2.31. The average Bonchev–Trinajstić information content (AvgIpc) is 3.16. The molecule has 1 atom stereocenters. The molecule has 1 aliphatic rings. The van der Waals surface area contributed by atoms with Crippen LogP contribution in [0.15, 0.2) is 90.0 Å². The van der Waals surface area contributed by atoms with E-state index in [2.05, 4.69) is 39.8 Å². The first-order chi connectivity index (χ1) is 17.9. The van der Waals surface area contributed by atoms with E-state index in [1.54, 1.807) is 54.6 Å². The van der Waals surface area contributed by atoms with E-state index in [4.69, 9.17) is 0 Å². The van der Waals surface area contributed by atoms with Gasteiger partial charge in [0.25, 0.3) is 11.6 Å². The Labute approximate surface area is 216 Å². The third kappa shape index (κ3) is 5.30. The minimum absolute atomic E-state index is 0.0433. The molecule has 1 aliphatic heterocycles. The molecule has 37 heavy (non-hydrogen) atoms. The highest BCUT2D eigenvalue weighted by Crippen LogP contribution is 2.29. The second kappa shape index (κ2) is 10.9. The van der Waals surface area contributed by atoms with Crippen LogP contribution in [0.3, 0.4) is 0 Å². The van der Waals surface area contributed by atoms with Crippen LogP contribution in [-0.2, 0) is 9.59 Å². The van der Waals surface area contributed by atoms with E-state index in [0.717, 1.165) is 18.8 Å². The lowest BCUT2D eigenvalue weighted by atomic mass is 10.1. The fourth-order valence-electron chi connectivity index (χ4n) is 4.19. The lowest BCUT2D eigenvalue weighted by molar-refractivity contribution is -0.127. The van der Waals surface area contributed by atoms with Gasteiger partial charge in [0.2, 0.25) is 5.91 Å². The average molecular weight is 499 g/mol. The zero-order valence-corrected chi connectivity index (χ0v) is 21.1. The van der Waals surface area contributed by atoms with Crippen LogP contribution in [-0.4, -0.2) is 42.3 Å². The van der Waals surface area contributed by atoms with E-state index in [1.165, 1.54) is 11.9 Å². The van der Waals surface area contributed by atoms with Crippen LogP contribution >= 0.6 is 0 Å². The van der Waals surface area contributed by atoms with Gasteiger partial charge >= 0.3 is 5.91 Å². The van der Waals surface area contributed by atoms with Gasteiger partial charge in [-0.1, -0.05) is 36.4 Å². The van der Waals surface area contributed by atoms with Gasteiger partial charge in [-0.15, -0.1) is 5.10 Å². The summed E-state index contributed by atoms with van der Waals surface area (Å²) in [5.74, 6) is -1.55. The van der Waals surface area contributed by atoms with Crippen molar-refractivity contribution in [3.05, 3.63) is 90.5 Å². The standard InChI is InChI=1S/C28H30N6O3/c1-4-33(5-2)23-18-16-22(17-19-23)31-28(30-20(3)35)26(29-25(36)21-12-8-6-9-13-21)32-34(27(28)37)24-14-10-7-11-15-24/h6-19,31H,4-5H2,1-3H3,(H,30,35)(H,29,32,36). The number of hydrogen-bond acceptors (Lipinski definition) is 6. The number of nitrogens with zero attached hydrogens (tertiary/aromatic N) is 3. The molecule has 9 nitrogen and oxygen atoms in total. The molecule has 3 amide bonds. The summed E-state index contributed by atoms with van der Waals surface area (Å²) in [6.07, 6.45) is 0. The summed E-state index contributed by atoms with van der Waals surface area (Å²) in [6.45, 7) is 7.17. The van der Waals surface area contributed by atoms with Gasteiger partial charge in [0.1, 0.15) is 0 Å². The number of nitrogens with one attached hydrogen (secondary N) is 3. The van der Waals surface area contributed by atoms with Crippen LogP contribution in [0, 0.1) is 0 Å². The molecule has 3 N–H and O–H groups in total. The van der Waals surface area contributed by atoms with Crippen molar-refractivity contribution in [2.45, 2.75) is 26.4 Å². The van der Waals surface area contributed by atoms with Crippen molar-refractivity contribution in [2.75, 3.05) is 28.3 Å². The number of hydrazone groups is 1. The van der Waals surface area contributed by atoms with Crippen molar-refractivity contribution in [1.82, 2.24) is 10.6 Å². The minimum Gasteiger partial charge on any atom is -0.372 e. The van der Waals surface area contributed by atoms with Gasteiger partial charge < -0.3 is 20.9 Å². The molecule has 0 saturated heterocycles. The van der Waals surface area contributed by atoms with E-state index in [1.807, 2.05) is 30.3 Å². The van der Waals surface area contributed by atoms with E-state index >= 15 is 0 Å². The molecule has 1 heterocycles. The smallest absolute Gasteiger partial charge is 0.302 e. The first-order valence-electron chi connectivity index (χ1n) is 12.1. The molecule has 0 radical (unpaired) electrons. The predicted octanol–water partition coefficient (Wildman–Crippen LogP) is 3.57. The zero-order chi connectivity index (χ0) is 26.4. The molecule has 0 aliphatic carbocycles. The van der Waals surface area contributed by atoms with Crippen LogP contribution in [0.1, 0.15) is 31.1 Å². The largest absolute Gasteiger partial charge is 0.372 e. The Morgan fingerprint density at radius 1 is 0.892 bits per heavy atom. The molecular formula is C28H30N6O3. The molecule has 0 aromatic heterocycles. The first-order valence-corrected chi connectivity index (χ1v) is 12.1. The summed E-state index contributed by atoms with van der Waals surface area (Å²) in [6, 6.07) is 24.9. The molecule has 1 unspecified atom stereocenters. The third-order valence-corrected chi connectivity index (χ3v) is 6.03. The fourth-order valence-corrected chi connectivity index (χ4v) is 4.19. The minimum atomic E-state index is -1.84. The summed E-state index contributed by atoms with van der Waals surface area (Å²) in [7, 11) is 0. The number of carbonyl (C=O) groups is 3. The molecule has 3 aromatic carbocycles. The lowest BCUT2D eigenvalue weighted by Crippen LogP contribution is -2.67. The molecule has 0 bridgehead atoms. The molecule has 9 heteroatoms. The Bertz CT molecular complexity index is 1290. The highest BCUT2D eigenvalue weighted by atomic mass is 16.2. The number of amidine groups is 1. The number of rotatable bonds is 8. The maximum absolute atomic E-state index is 13.9. The highest BCUT2D eigenvalue weighted by molar-refractivity contribution is 6.28. The maximum atomic E-state index is 13.9. The second-order valence-electron chi connectivity index (χ2n) is 8.50. The first kappa shape index (κ1) is 25.4. The van der Waals surface area contributed by atoms with E-state index < -0.39 is 23.4 Å². The van der Waals surface area contributed by atoms with Crippen LogP contribution in [0.25, 0.3) is 0 Å². The Hall–Kier alpha value is -4.66. The fraction of sp³-hybridized carbons (Fsp3) is 0.214. The van der Waals surface area contributed by atoms with Crippen LogP contribution in [0.4, 0.5) is 17.1 Å². The number of amides is 3. The molecular weight excluding hydrogens is 468 g/mol. The SMILES string of the molecule is CCN(CC)c1ccc(NC2(NC(C)=O)C(=O)N(c3ccccc3)N=C2NC(=O)c2ccccc2)cc1. The molecule has 190 valence electrons. The van der Waals surface area contributed by atoms with E-state index in [9.17, 15) is 14.4 Å². The summed E-state index contributed by atoms with van der Waals surface area (Å²) in [4.78, 5) is 41.6. The Morgan fingerprint density at radius 2 is 1.49 bits per heavy atom. The Kier molecular flexibility index (Phi) is 7.52. The molecule has 0 fully saturated rings. The van der Waals surface area contributed by atoms with Gasteiger partial charge in [-0.25, -0.2) is 0 Å². The quantitative estimate of drug-likeness (QED) is 0.412. The summed E-state index contributed by atoms with van der Waals surface area (Å²) < 4.78 is 0. The normalized spacial score (nSPS) is 16.7. The Balaban J connectivity index is 1.75. The third-order valence-electron chi connectivity index (χ3n) is 6.03.